The predicted molar refractivity (Wildman–Crippen MR) is 50.2 cm³/mol. The Hall–Kier alpha value is -0.190. The maximum atomic E-state index is 10.6. The van der Waals surface area contributed by atoms with Crippen LogP contribution in [-0.4, -0.2) is 4.21 Å². The van der Waals surface area contributed by atoms with Gasteiger partial charge >= 0.3 is 0 Å². The summed E-state index contributed by atoms with van der Waals surface area (Å²) >= 11 is 3.33. The molecular weight excluding hydrogens is 226 g/mol. The van der Waals surface area contributed by atoms with Crippen molar-refractivity contribution in [3.05, 3.63) is 34.3 Å². The van der Waals surface area contributed by atoms with Crippen molar-refractivity contribution in [2.45, 2.75) is 5.75 Å². The Morgan fingerprint density at radius 2 is 2.09 bits per heavy atom. The van der Waals surface area contributed by atoms with E-state index in [4.69, 9.17) is 5.14 Å². The van der Waals surface area contributed by atoms with Crippen LogP contribution in [0.3, 0.4) is 0 Å². The molecule has 1 aromatic carbocycles. The van der Waals surface area contributed by atoms with Crippen molar-refractivity contribution in [2.75, 3.05) is 0 Å². The van der Waals surface area contributed by atoms with Crippen LogP contribution < -0.4 is 5.14 Å². The number of hydrogen-bond acceptors (Lipinski definition) is 1. The molecule has 0 fully saturated rings. The average molecular weight is 234 g/mol. The molecule has 0 amide bonds. The normalized spacial score (nSPS) is 12.9. The van der Waals surface area contributed by atoms with E-state index in [1.807, 2.05) is 24.3 Å². The molecule has 4 heteroatoms. The highest BCUT2D eigenvalue weighted by molar-refractivity contribution is 9.10. The van der Waals surface area contributed by atoms with Crippen molar-refractivity contribution in [2.24, 2.45) is 5.14 Å². The quantitative estimate of drug-likeness (QED) is 0.829. The zero-order chi connectivity index (χ0) is 8.27. The average Bonchev–Trinajstić information content (AvgIpc) is 1.93. The van der Waals surface area contributed by atoms with Gasteiger partial charge in [-0.2, -0.15) is 0 Å². The van der Waals surface area contributed by atoms with E-state index in [0.717, 1.165) is 10.0 Å². The van der Waals surface area contributed by atoms with Gasteiger partial charge in [0.05, 0.1) is 16.7 Å². The van der Waals surface area contributed by atoms with Gasteiger partial charge in [0.25, 0.3) is 0 Å². The minimum atomic E-state index is -1.26. The monoisotopic (exact) mass is 233 g/mol. The lowest BCUT2D eigenvalue weighted by atomic mass is 10.2. The number of nitrogens with two attached hydrogens (primary N) is 1. The second kappa shape index (κ2) is 3.99. The Morgan fingerprint density at radius 3 is 2.64 bits per heavy atom. The SMILES string of the molecule is NS(=O)Cc1ccccc1Br. The van der Waals surface area contributed by atoms with Crippen LogP contribution in [-0.2, 0) is 16.7 Å². The van der Waals surface area contributed by atoms with Gasteiger partial charge < -0.3 is 0 Å². The molecule has 0 heterocycles. The van der Waals surface area contributed by atoms with E-state index in [1.54, 1.807) is 0 Å². The molecule has 1 aromatic rings. The van der Waals surface area contributed by atoms with Gasteiger partial charge in [-0.15, -0.1) is 0 Å². The number of halogens is 1. The molecule has 0 aromatic heterocycles. The Morgan fingerprint density at radius 1 is 1.45 bits per heavy atom. The Balaban J connectivity index is 2.86. The molecule has 0 saturated heterocycles. The zero-order valence-electron chi connectivity index (χ0n) is 5.79. The second-order valence-corrected chi connectivity index (χ2v) is 4.02. The van der Waals surface area contributed by atoms with E-state index in [-0.39, 0.29) is 0 Å². The van der Waals surface area contributed by atoms with Crippen molar-refractivity contribution < 1.29 is 4.21 Å². The Kier molecular flexibility index (Phi) is 3.23. The predicted octanol–water partition coefficient (Wildman–Crippen LogP) is 1.57. The minimum absolute atomic E-state index is 0.404. The zero-order valence-corrected chi connectivity index (χ0v) is 8.19. The lowest BCUT2D eigenvalue weighted by Crippen LogP contribution is -2.05. The largest absolute Gasteiger partial charge is 0.252 e. The van der Waals surface area contributed by atoms with Gasteiger partial charge in [0.1, 0.15) is 0 Å². The summed E-state index contributed by atoms with van der Waals surface area (Å²) in [4.78, 5) is 0. The van der Waals surface area contributed by atoms with Gasteiger partial charge in [0.15, 0.2) is 0 Å². The molecule has 0 aliphatic rings. The van der Waals surface area contributed by atoms with Gasteiger partial charge in [-0.1, -0.05) is 34.1 Å². The van der Waals surface area contributed by atoms with E-state index < -0.39 is 11.0 Å². The summed E-state index contributed by atoms with van der Waals surface area (Å²) in [5, 5.41) is 5.14. The van der Waals surface area contributed by atoms with Gasteiger partial charge in [-0.05, 0) is 11.6 Å². The first-order valence-electron chi connectivity index (χ1n) is 3.06. The highest BCUT2D eigenvalue weighted by Crippen LogP contribution is 2.16. The summed E-state index contributed by atoms with van der Waals surface area (Å²) in [5.74, 6) is 0.404. The lowest BCUT2D eigenvalue weighted by molar-refractivity contribution is 0.684. The molecule has 60 valence electrons. The third-order valence-electron chi connectivity index (χ3n) is 1.26. The van der Waals surface area contributed by atoms with Gasteiger partial charge in [-0.25, -0.2) is 4.21 Å². The first kappa shape index (κ1) is 8.90. The van der Waals surface area contributed by atoms with Crippen LogP contribution in [0.1, 0.15) is 5.56 Å². The van der Waals surface area contributed by atoms with Crippen LogP contribution in [0, 0.1) is 0 Å². The summed E-state index contributed by atoms with van der Waals surface area (Å²) in [6, 6.07) is 7.61. The summed E-state index contributed by atoms with van der Waals surface area (Å²) < 4.78 is 11.6. The third kappa shape index (κ3) is 2.73. The Labute approximate surface area is 76.5 Å². The minimum Gasteiger partial charge on any atom is -0.252 e. The van der Waals surface area contributed by atoms with Crippen LogP contribution in [0.5, 0.6) is 0 Å². The molecule has 1 atom stereocenters. The van der Waals surface area contributed by atoms with Crippen LogP contribution >= 0.6 is 15.9 Å². The topological polar surface area (TPSA) is 43.1 Å². The molecule has 0 saturated carbocycles. The van der Waals surface area contributed by atoms with Gasteiger partial charge in [-0.3, -0.25) is 5.14 Å². The van der Waals surface area contributed by atoms with E-state index in [1.165, 1.54) is 0 Å². The second-order valence-electron chi connectivity index (χ2n) is 2.12. The summed E-state index contributed by atoms with van der Waals surface area (Å²) in [7, 11) is -1.26. The van der Waals surface area contributed by atoms with E-state index in [0.29, 0.717) is 5.75 Å². The maximum Gasteiger partial charge on any atom is 0.0933 e. The molecule has 1 unspecified atom stereocenters. The molecule has 0 bridgehead atoms. The highest BCUT2D eigenvalue weighted by atomic mass is 79.9. The van der Waals surface area contributed by atoms with Crippen molar-refractivity contribution in [3.8, 4) is 0 Å². The molecule has 2 N–H and O–H groups in total. The summed E-state index contributed by atoms with van der Waals surface area (Å²) in [5.41, 5.74) is 0.980. The van der Waals surface area contributed by atoms with Gasteiger partial charge in [0.2, 0.25) is 0 Å². The fraction of sp³-hybridized carbons (Fsp3) is 0.143. The van der Waals surface area contributed by atoms with Crippen molar-refractivity contribution >= 4 is 26.9 Å². The third-order valence-corrected chi connectivity index (χ3v) is 2.62. The maximum absolute atomic E-state index is 10.6. The van der Waals surface area contributed by atoms with Gasteiger partial charge in [0, 0.05) is 4.47 Å². The Bertz CT molecular complexity index is 277. The molecule has 1 rings (SSSR count). The van der Waals surface area contributed by atoms with E-state index in [9.17, 15) is 4.21 Å². The molecule has 11 heavy (non-hydrogen) atoms. The molecule has 0 aliphatic carbocycles. The van der Waals surface area contributed by atoms with E-state index >= 15 is 0 Å². The first-order chi connectivity index (χ1) is 5.20. The summed E-state index contributed by atoms with van der Waals surface area (Å²) in [6.07, 6.45) is 0. The van der Waals surface area contributed by atoms with Crippen molar-refractivity contribution in [3.63, 3.8) is 0 Å². The molecule has 0 spiro atoms. The number of rotatable bonds is 2. The lowest BCUT2D eigenvalue weighted by Gasteiger charge is -1.99. The fourth-order valence-corrected chi connectivity index (χ4v) is 1.94. The van der Waals surface area contributed by atoms with E-state index in [2.05, 4.69) is 15.9 Å². The first-order valence-corrected chi connectivity index (χ1v) is 5.24. The highest BCUT2D eigenvalue weighted by Gasteiger charge is 1.99. The van der Waals surface area contributed by atoms with Crippen molar-refractivity contribution in [1.29, 1.82) is 0 Å². The summed E-state index contributed by atoms with van der Waals surface area (Å²) in [6.45, 7) is 0. The fourth-order valence-electron chi connectivity index (χ4n) is 0.769. The smallest absolute Gasteiger partial charge is 0.0933 e. The molecular formula is C7H8BrNOS. The molecule has 0 radical (unpaired) electrons. The van der Waals surface area contributed by atoms with Crippen LogP contribution in [0.2, 0.25) is 0 Å². The number of hydrogen-bond donors (Lipinski definition) is 1. The standard InChI is InChI=1S/C7H8BrNOS/c8-7-4-2-1-3-6(7)5-11(9)10/h1-4H,5,9H2. The number of benzene rings is 1. The molecule has 2 nitrogen and oxygen atoms in total. The van der Waals surface area contributed by atoms with Crippen molar-refractivity contribution in [1.82, 2.24) is 0 Å². The van der Waals surface area contributed by atoms with Crippen LogP contribution in [0.25, 0.3) is 0 Å². The van der Waals surface area contributed by atoms with Crippen LogP contribution in [0.15, 0.2) is 28.7 Å². The van der Waals surface area contributed by atoms with Crippen LogP contribution in [0.4, 0.5) is 0 Å². The molecule has 0 aliphatic heterocycles.